The number of ether oxygens (including phenoxy) is 1. The summed E-state index contributed by atoms with van der Waals surface area (Å²) < 4.78 is 16.4. The van der Waals surface area contributed by atoms with Gasteiger partial charge in [-0.3, -0.25) is 4.57 Å². The third-order valence-corrected chi connectivity index (χ3v) is 3.29. The van der Waals surface area contributed by atoms with Crippen LogP contribution in [0.4, 0.5) is 0 Å². The Balaban J connectivity index is 1.80. The van der Waals surface area contributed by atoms with Gasteiger partial charge in [-0.15, -0.1) is 0 Å². The first-order valence-electron chi connectivity index (χ1n) is 6.75. The Bertz CT molecular complexity index is 873. The highest BCUT2D eigenvalue weighted by atomic mass is 16.5. The fraction of sp³-hybridized carbons (Fsp3) is 0.267. The molecule has 114 valence electrons. The lowest BCUT2D eigenvalue weighted by Crippen LogP contribution is -2.26. The van der Waals surface area contributed by atoms with Gasteiger partial charge in [-0.05, 0) is 26.0 Å². The number of oxazole rings is 1. The summed E-state index contributed by atoms with van der Waals surface area (Å²) in [5, 5.41) is 3.74. The number of rotatable bonds is 4. The normalized spacial score (nSPS) is 12.5. The molecule has 0 saturated heterocycles. The van der Waals surface area contributed by atoms with E-state index in [4.69, 9.17) is 13.7 Å². The quantitative estimate of drug-likeness (QED) is 0.686. The van der Waals surface area contributed by atoms with E-state index < -0.39 is 17.8 Å². The first-order valence-corrected chi connectivity index (χ1v) is 6.75. The summed E-state index contributed by atoms with van der Waals surface area (Å²) >= 11 is 0. The topological polar surface area (TPSA) is 87.5 Å². The Labute approximate surface area is 125 Å². The van der Waals surface area contributed by atoms with E-state index in [1.165, 1.54) is 4.57 Å². The summed E-state index contributed by atoms with van der Waals surface area (Å²) in [7, 11) is 0. The number of hydrogen-bond acceptors (Lipinski definition) is 6. The lowest BCUT2D eigenvalue weighted by molar-refractivity contribution is -0.148. The van der Waals surface area contributed by atoms with Gasteiger partial charge >= 0.3 is 11.7 Å². The first kappa shape index (κ1) is 14.1. The Morgan fingerprint density at radius 2 is 2.18 bits per heavy atom. The molecule has 7 nitrogen and oxygen atoms in total. The Kier molecular flexibility index (Phi) is 3.54. The van der Waals surface area contributed by atoms with Crippen LogP contribution in [0.1, 0.15) is 24.4 Å². The number of aryl methyl sites for hydroxylation is 1. The van der Waals surface area contributed by atoms with E-state index in [0.29, 0.717) is 22.6 Å². The van der Waals surface area contributed by atoms with Crippen LogP contribution < -0.4 is 5.76 Å². The van der Waals surface area contributed by atoms with Crippen LogP contribution in [0.3, 0.4) is 0 Å². The predicted octanol–water partition coefficient (Wildman–Crippen LogP) is 2.20. The van der Waals surface area contributed by atoms with Crippen LogP contribution in [0, 0.1) is 6.92 Å². The highest BCUT2D eigenvalue weighted by Crippen LogP contribution is 2.17. The zero-order chi connectivity index (χ0) is 15.7. The summed E-state index contributed by atoms with van der Waals surface area (Å²) in [6, 6.07) is 7.78. The second-order valence-electron chi connectivity index (χ2n) is 4.92. The SMILES string of the molecule is Cc1cc(COC(=O)C(C)n2c(=O)oc3ccccc32)no1. The standard InChI is InChI=1S/C15H14N2O5/c1-9-7-11(16-22-9)8-20-14(18)10(2)17-12-5-3-4-6-13(12)21-15(17)19/h3-7,10H,8H2,1-2H3. The molecule has 0 bridgehead atoms. The summed E-state index contributed by atoms with van der Waals surface area (Å²) in [6.07, 6.45) is 0. The smallest absolute Gasteiger partial charge is 0.420 e. The molecule has 0 saturated carbocycles. The van der Waals surface area contributed by atoms with Crippen LogP contribution >= 0.6 is 0 Å². The maximum atomic E-state index is 12.1. The van der Waals surface area contributed by atoms with Crippen molar-refractivity contribution in [1.29, 1.82) is 0 Å². The van der Waals surface area contributed by atoms with Crippen molar-refractivity contribution in [1.82, 2.24) is 9.72 Å². The van der Waals surface area contributed by atoms with Crippen LogP contribution in [0.5, 0.6) is 0 Å². The Morgan fingerprint density at radius 1 is 1.41 bits per heavy atom. The number of carbonyl (C=O) groups excluding carboxylic acids is 1. The molecule has 0 amide bonds. The predicted molar refractivity (Wildman–Crippen MR) is 76.2 cm³/mol. The zero-order valence-corrected chi connectivity index (χ0v) is 12.1. The van der Waals surface area contributed by atoms with Crippen molar-refractivity contribution >= 4 is 17.1 Å². The molecule has 1 aromatic carbocycles. The van der Waals surface area contributed by atoms with Gasteiger partial charge in [0.15, 0.2) is 5.58 Å². The van der Waals surface area contributed by atoms with E-state index in [1.807, 2.05) is 0 Å². The summed E-state index contributed by atoms with van der Waals surface area (Å²) in [4.78, 5) is 24.1. The molecule has 3 aromatic rings. The number of benzene rings is 1. The minimum absolute atomic E-state index is 0.00888. The van der Waals surface area contributed by atoms with Gasteiger partial charge in [0.05, 0.1) is 5.52 Å². The van der Waals surface area contributed by atoms with E-state index in [0.717, 1.165) is 0 Å². The summed E-state index contributed by atoms with van der Waals surface area (Å²) in [6.45, 7) is 3.32. The molecule has 1 atom stereocenters. The number of para-hydroxylation sites is 2. The highest BCUT2D eigenvalue weighted by Gasteiger charge is 2.22. The minimum atomic E-state index is -0.802. The van der Waals surface area contributed by atoms with Crippen LogP contribution in [0.2, 0.25) is 0 Å². The van der Waals surface area contributed by atoms with Crippen LogP contribution in [-0.2, 0) is 16.1 Å². The Hall–Kier alpha value is -2.83. The Morgan fingerprint density at radius 3 is 2.91 bits per heavy atom. The van der Waals surface area contributed by atoms with Gasteiger partial charge in [-0.25, -0.2) is 9.59 Å². The van der Waals surface area contributed by atoms with Gasteiger partial charge < -0.3 is 13.7 Å². The molecule has 0 aliphatic rings. The molecule has 0 spiro atoms. The number of carbonyl (C=O) groups is 1. The van der Waals surface area contributed by atoms with E-state index in [-0.39, 0.29) is 6.61 Å². The molecular weight excluding hydrogens is 288 g/mol. The molecule has 0 aliphatic heterocycles. The van der Waals surface area contributed by atoms with Crippen molar-refractivity contribution in [2.24, 2.45) is 0 Å². The lowest BCUT2D eigenvalue weighted by Gasteiger charge is -2.11. The average molecular weight is 302 g/mol. The van der Waals surface area contributed by atoms with E-state index in [1.54, 1.807) is 44.2 Å². The minimum Gasteiger partial charge on any atom is -0.458 e. The van der Waals surface area contributed by atoms with Crippen LogP contribution in [-0.4, -0.2) is 15.7 Å². The van der Waals surface area contributed by atoms with Crippen molar-refractivity contribution in [3.05, 3.63) is 52.3 Å². The van der Waals surface area contributed by atoms with Gasteiger partial charge in [0, 0.05) is 6.07 Å². The largest absolute Gasteiger partial charge is 0.458 e. The first-order chi connectivity index (χ1) is 10.6. The number of fused-ring (bicyclic) bond motifs is 1. The maximum Gasteiger partial charge on any atom is 0.420 e. The zero-order valence-electron chi connectivity index (χ0n) is 12.1. The fourth-order valence-electron chi connectivity index (χ4n) is 2.21. The molecule has 22 heavy (non-hydrogen) atoms. The van der Waals surface area contributed by atoms with Crippen molar-refractivity contribution in [2.45, 2.75) is 26.5 Å². The average Bonchev–Trinajstić information content (AvgIpc) is 3.06. The van der Waals surface area contributed by atoms with E-state index in [2.05, 4.69) is 5.16 Å². The molecule has 0 fully saturated rings. The lowest BCUT2D eigenvalue weighted by atomic mass is 10.3. The summed E-state index contributed by atoms with van der Waals surface area (Å²) in [5.74, 6) is -0.506. The molecule has 2 aromatic heterocycles. The number of nitrogens with zero attached hydrogens (tertiary/aromatic N) is 2. The van der Waals surface area contributed by atoms with Gasteiger partial charge in [0.1, 0.15) is 24.1 Å². The van der Waals surface area contributed by atoms with Gasteiger partial charge in [0.25, 0.3) is 0 Å². The molecule has 0 N–H and O–H groups in total. The van der Waals surface area contributed by atoms with Crippen LogP contribution in [0.25, 0.3) is 11.1 Å². The third-order valence-electron chi connectivity index (χ3n) is 3.29. The molecule has 1 unspecified atom stereocenters. The second kappa shape index (κ2) is 5.51. The maximum absolute atomic E-state index is 12.1. The molecule has 0 aliphatic carbocycles. The van der Waals surface area contributed by atoms with Crippen molar-refractivity contribution in [3.8, 4) is 0 Å². The summed E-state index contributed by atoms with van der Waals surface area (Å²) in [5.41, 5.74) is 1.50. The molecule has 3 rings (SSSR count). The van der Waals surface area contributed by atoms with E-state index >= 15 is 0 Å². The number of hydrogen-bond donors (Lipinski definition) is 0. The van der Waals surface area contributed by atoms with Gasteiger partial charge in [-0.2, -0.15) is 0 Å². The van der Waals surface area contributed by atoms with Gasteiger partial charge in [0.2, 0.25) is 0 Å². The number of aromatic nitrogens is 2. The second-order valence-corrected chi connectivity index (χ2v) is 4.92. The molecule has 0 radical (unpaired) electrons. The molecular formula is C15H14N2O5. The van der Waals surface area contributed by atoms with Crippen LogP contribution in [0.15, 0.2) is 44.1 Å². The van der Waals surface area contributed by atoms with Crippen molar-refractivity contribution in [2.75, 3.05) is 0 Å². The molecule has 2 heterocycles. The fourth-order valence-corrected chi connectivity index (χ4v) is 2.21. The van der Waals surface area contributed by atoms with E-state index in [9.17, 15) is 9.59 Å². The monoisotopic (exact) mass is 302 g/mol. The highest BCUT2D eigenvalue weighted by molar-refractivity contribution is 5.79. The van der Waals surface area contributed by atoms with Crippen molar-refractivity contribution < 1.29 is 18.5 Å². The third kappa shape index (κ3) is 2.52. The van der Waals surface area contributed by atoms with Crippen molar-refractivity contribution in [3.63, 3.8) is 0 Å². The number of esters is 1. The van der Waals surface area contributed by atoms with Gasteiger partial charge in [-0.1, -0.05) is 17.3 Å². The molecule has 7 heteroatoms.